The molecule has 1 aliphatic rings. The summed E-state index contributed by atoms with van der Waals surface area (Å²) in [6.45, 7) is 0.750. The molecule has 2 aromatic rings. The minimum atomic E-state index is -4.06. The molecule has 0 saturated heterocycles. The summed E-state index contributed by atoms with van der Waals surface area (Å²) in [7, 11) is -4.06. The molecule has 8 heteroatoms. The highest BCUT2D eigenvalue weighted by Gasteiger charge is 2.21. The quantitative estimate of drug-likeness (QED) is 0.852. The first-order valence-electron chi connectivity index (χ1n) is 6.63. The van der Waals surface area contributed by atoms with Gasteiger partial charge in [0.05, 0.1) is 5.56 Å². The number of aromatic carboxylic acids is 1. The lowest BCUT2D eigenvalue weighted by atomic mass is 10.2. The average molecular weight is 336 g/mol. The first kappa shape index (κ1) is 15.2. The molecule has 0 fully saturated rings. The highest BCUT2D eigenvalue weighted by molar-refractivity contribution is 7.87. The zero-order valence-corrected chi connectivity index (χ0v) is 12.6. The van der Waals surface area contributed by atoms with Crippen LogP contribution in [0.1, 0.15) is 10.4 Å². The molecule has 0 atom stereocenters. The topological polar surface area (TPSA) is 99.1 Å². The highest BCUT2D eigenvalue weighted by Crippen LogP contribution is 2.33. The fourth-order valence-electron chi connectivity index (χ4n) is 2.01. The van der Waals surface area contributed by atoms with Crippen molar-refractivity contribution in [3.63, 3.8) is 0 Å². The maximum absolute atomic E-state index is 12.3. The number of carboxylic acid groups (broad SMARTS) is 1. The molecule has 0 aromatic heterocycles. The van der Waals surface area contributed by atoms with Crippen molar-refractivity contribution in [1.82, 2.24) is 0 Å². The fourth-order valence-corrected chi connectivity index (χ4v) is 2.95. The predicted octanol–water partition coefficient (Wildman–Crippen LogP) is 1.92. The summed E-state index contributed by atoms with van der Waals surface area (Å²) in [6.07, 6.45) is 0. The van der Waals surface area contributed by atoms with E-state index in [1.54, 1.807) is 0 Å². The third-order valence-electron chi connectivity index (χ3n) is 3.11. The maximum Gasteiger partial charge on any atom is 0.339 e. The lowest BCUT2D eigenvalue weighted by Crippen LogP contribution is -2.16. The molecule has 0 amide bonds. The number of benzene rings is 2. The molecule has 1 aliphatic heterocycles. The van der Waals surface area contributed by atoms with Gasteiger partial charge in [0, 0.05) is 6.07 Å². The number of fused-ring (bicyclic) bond motifs is 1. The number of carbonyl (C=O) groups is 1. The van der Waals surface area contributed by atoms with Crippen LogP contribution in [0.5, 0.6) is 17.2 Å². The van der Waals surface area contributed by atoms with Crippen LogP contribution in [0.25, 0.3) is 0 Å². The van der Waals surface area contributed by atoms with Crippen molar-refractivity contribution in [2.75, 3.05) is 13.2 Å². The van der Waals surface area contributed by atoms with Gasteiger partial charge < -0.3 is 18.8 Å². The van der Waals surface area contributed by atoms with E-state index in [1.165, 1.54) is 42.5 Å². The van der Waals surface area contributed by atoms with Crippen molar-refractivity contribution in [3.05, 3.63) is 48.0 Å². The predicted molar refractivity (Wildman–Crippen MR) is 78.6 cm³/mol. The lowest BCUT2D eigenvalue weighted by Gasteiger charge is -2.18. The van der Waals surface area contributed by atoms with Gasteiger partial charge in [-0.1, -0.05) is 0 Å². The molecule has 0 spiro atoms. The van der Waals surface area contributed by atoms with E-state index in [1.807, 2.05) is 0 Å². The van der Waals surface area contributed by atoms with E-state index in [0.29, 0.717) is 24.7 Å². The summed E-state index contributed by atoms with van der Waals surface area (Å²) in [5.74, 6) is -0.278. The first-order chi connectivity index (χ1) is 11.0. The number of ether oxygens (including phenoxy) is 2. The van der Waals surface area contributed by atoms with Crippen molar-refractivity contribution in [2.45, 2.75) is 4.90 Å². The fraction of sp³-hybridized carbons (Fsp3) is 0.133. The number of rotatable bonds is 4. The molecular weight excluding hydrogens is 324 g/mol. The van der Waals surface area contributed by atoms with Crippen LogP contribution in [0.15, 0.2) is 47.4 Å². The summed E-state index contributed by atoms with van der Waals surface area (Å²) in [5, 5.41) is 8.81. The van der Waals surface area contributed by atoms with E-state index in [4.69, 9.17) is 18.8 Å². The Labute approximate surface area is 132 Å². The highest BCUT2D eigenvalue weighted by atomic mass is 32.2. The van der Waals surface area contributed by atoms with Crippen LogP contribution >= 0.6 is 0 Å². The largest absolute Gasteiger partial charge is 0.486 e. The Kier molecular flexibility index (Phi) is 3.83. The van der Waals surface area contributed by atoms with E-state index in [-0.39, 0.29) is 16.2 Å². The number of carboxylic acids is 1. The Morgan fingerprint density at radius 3 is 2.30 bits per heavy atom. The molecule has 1 N–H and O–H groups in total. The maximum atomic E-state index is 12.3. The number of hydrogen-bond acceptors (Lipinski definition) is 6. The second-order valence-corrected chi connectivity index (χ2v) is 6.22. The van der Waals surface area contributed by atoms with Crippen molar-refractivity contribution >= 4 is 16.1 Å². The second kappa shape index (κ2) is 5.81. The van der Waals surface area contributed by atoms with Gasteiger partial charge in [-0.25, -0.2) is 4.79 Å². The standard InChI is InChI=1S/C15H12O7S/c16-15(17)10-1-3-11(4-2-10)22-23(18,19)12-5-6-13-14(9-12)21-8-7-20-13/h1-6,9H,7-8H2,(H,16,17). The Balaban J connectivity index is 1.85. The van der Waals surface area contributed by atoms with Crippen LogP contribution in [0.2, 0.25) is 0 Å². The van der Waals surface area contributed by atoms with Crippen LogP contribution < -0.4 is 13.7 Å². The smallest absolute Gasteiger partial charge is 0.339 e. The SMILES string of the molecule is O=C(O)c1ccc(OS(=O)(=O)c2ccc3c(c2)OCCO3)cc1. The zero-order chi connectivity index (χ0) is 16.4. The third kappa shape index (κ3) is 3.21. The van der Waals surface area contributed by atoms with Gasteiger partial charge in [-0.15, -0.1) is 0 Å². The molecule has 1 heterocycles. The van der Waals surface area contributed by atoms with Gasteiger partial charge in [0.1, 0.15) is 23.9 Å². The van der Waals surface area contributed by atoms with Gasteiger partial charge >= 0.3 is 16.1 Å². The van der Waals surface area contributed by atoms with Crippen LogP contribution in [0, 0.1) is 0 Å². The summed E-state index contributed by atoms with van der Waals surface area (Å²) < 4.78 is 40.2. The molecular formula is C15H12O7S. The van der Waals surface area contributed by atoms with E-state index < -0.39 is 16.1 Å². The van der Waals surface area contributed by atoms with Crippen LogP contribution in [0.4, 0.5) is 0 Å². The normalized spacial score (nSPS) is 13.4. The molecule has 0 aliphatic carbocycles. The van der Waals surface area contributed by atoms with Crippen molar-refractivity contribution in [3.8, 4) is 17.2 Å². The van der Waals surface area contributed by atoms with E-state index >= 15 is 0 Å². The Hall–Kier alpha value is -2.74. The molecule has 0 bridgehead atoms. The van der Waals surface area contributed by atoms with Crippen LogP contribution in [0.3, 0.4) is 0 Å². The van der Waals surface area contributed by atoms with Gasteiger partial charge in [0.2, 0.25) is 0 Å². The third-order valence-corrected chi connectivity index (χ3v) is 4.35. The molecule has 120 valence electrons. The molecule has 2 aromatic carbocycles. The minimum Gasteiger partial charge on any atom is -0.486 e. The van der Waals surface area contributed by atoms with Crippen LogP contribution in [-0.4, -0.2) is 32.7 Å². The van der Waals surface area contributed by atoms with Gasteiger partial charge in [0.25, 0.3) is 0 Å². The summed E-state index contributed by atoms with van der Waals surface area (Å²) >= 11 is 0. The lowest BCUT2D eigenvalue weighted by molar-refractivity contribution is 0.0697. The van der Waals surface area contributed by atoms with Gasteiger partial charge in [-0.05, 0) is 36.4 Å². The van der Waals surface area contributed by atoms with Crippen molar-refractivity contribution in [1.29, 1.82) is 0 Å². The van der Waals surface area contributed by atoms with E-state index in [2.05, 4.69) is 0 Å². The van der Waals surface area contributed by atoms with E-state index in [0.717, 1.165) is 0 Å². The van der Waals surface area contributed by atoms with Crippen molar-refractivity contribution in [2.24, 2.45) is 0 Å². The zero-order valence-electron chi connectivity index (χ0n) is 11.8. The summed E-state index contributed by atoms with van der Waals surface area (Å²) in [5.41, 5.74) is 0.0362. The molecule has 0 unspecified atom stereocenters. The first-order valence-corrected chi connectivity index (χ1v) is 8.04. The Bertz CT molecular complexity index is 841. The van der Waals surface area contributed by atoms with Crippen molar-refractivity contribution < 1.29 is 32.0 Å². The summed E-state index contributed by atoms with van der Waals surface area (Å²) in [4.78, 5) is 10.7. The molecule has 23 heavy (non-hydrogen) atoms. The molecule has 0 saturated carbocycles. The van der Waals surface area contributed by atoms with Gasteiger partial charge in [-0.2, -0.15) is 8.42 Å². The number of hydrogen-bond donors (Lipinski definition) is 1. The molecule has 0 radical (unpaired) electrons. The van der Waals surface area contributed by atoms with Gasteiger partial charge in [0.15, 0.2) is 11.5 Å². The second-order valence-electron chi connectivity index (χ2n) is 4.67. The molecule has 7 nitrogen and oxygen atoms in total. The summed E-state index contributed by atoms with van der Waals surface area (Å²) in [6, 6.07) is 9.26. The Morgan fingerprint density at radius 1 is 1.00 bits per heavy atom. The van der Waals surface area contributed by atoms with Crippen LogP contribution in [-0.2, 0) is 10.1 Å². The Morgan fingerprint density at radius 2 is 1.65 bits per heavy atom. The minimum absolute atomic E-state index is 0.0184. The van der Waals surface area contributed by atoms with E-state index in [9.17, 15) is 13.2 Å². The molecule has 3 rings (SSSR count). The monoisotopic (exact) mass is 336 g/mol. The van der Waals surface area contributed by atoms with Gasteiger partial charge in [-0.3, -0.25) is 0 Å². The average Bonchev–Trinajstić information content (AvgIpc) is 2.54.